The van der Waals surface area contributed by atoms with Crippen molar-refractivity contribution >= 4 is 0 Å². The number of nitrogens with one attached hydrogen (secondary N) is 1. The molecule has 0 amide bonds. The summed E-state index contributed by atoms with van der Waals surface area (Å²) in [6, 6.07) is 0.429. The highest BCUT2D eigenvalue weighted by atomic mass is 16.5. The molecule has 4 heteroatoms. The highest BCUT2D eigenvalue weighted by Gasteiger charge is 2.10. The van der Waals surface area contributed by atoms with Gasteiger partial charge in [0, 0.05) is 18.0 Å². The number of rotatable bonds is 7. The lowest BCUT2D eigenvalue weighted by atomic mass is 10.1. The smallest absolute Gasteiger partial charge is 0.219 e. The average molecular weight is 237 g/mol. The van der Waals surface area contributed by atoms with Crippen LogP contribution in [-0.2, 0) is 6.42 Å². The fourth-order valence-electron chi connectivity index (χ4n) is 1.71. The second kappa shape index (κ2) is 7.22. The zero-order valence-electron chi connectivity index (χ0n) is 11.3. The first-order valence-electron chi connectivity index (χ1n) is 6.35. The van der Waals surface area contributed by atoms with Crippen molar-refractivity contribution in [3.8, 4) is 5.88 Å². The summed E-state index contributed by atoms with van der Waals surface area (Å²) in [7, 11) is 0. The molecule has 1 N–H and O–H groups in total. The van der Waals surface area contributed by atoms with Crippen molar-refractivity contribution in [2.75, 3.05) is 13.2 Å². The van der Waals surface area contributed by atoms with E-state index in [4.69, 9.17) is 4.74 Å². The Labute approximate surface area is 104 Å². The van der Waals surface area contributed by atoms with Gasteiger partial charge in [-0.05, 0) is 33.7 Å². The van der Waals surface area contributed by atoms with E-state index in [2.05, 4.69) is 29.1 Å². The molecule has 1 unspecified atom stereocenters. The van der Waals surface area contributed by atoms with E-state index in [0.717, 1.165) is 30.6 Å². The molecule has 0 spiro atoms. The van der Waals surface area contributed by atoms with E-state index in [9.17, 15) is 0 Å². The molecule has 1 heterocycles. The molecule has 1 aromatic heterocycles. The molecule has 1 rings (SSSR count). The van der Waals surface area contributed by atoms with Crippen molar-refractivity contribution in [3.63, 3.8) is 0 Å². The molecule has 0 aliphatic carbocycles. The molecule has 0 fully saturated rings. The van der Waals surface area contributed by atoms with Crippen LogP contribution >= 0.6 is 0 Å². The van der Waals surface area contributed by atoms with Crippen LogP contribution in [-0.4, -0.2) is 29.2 Å². The number of ether oxygens (including phenoxy) is 1. The zero-order valence-corrected chi connectivity index (χ0v) is 11.3. The minimum absolute atomic E-state index is 0.429. The van der Waals surface area contributed by atoms with Crippen molar-refractivity contribution in [3.05, 3.63) is 17.6 Å². The van der Waals surface area contributed by atoms with Crippen LogP contribution in [0.4, 0.5) is 0 Å². The minimum Gasteiger partial charge on any atom is -0.478 e. The first-order chi connectivity index (χ1) is 8.19. The van der Waals surface area contributed by atoms with E-state index in [1.165, 1.54) is 0 Å². The van der Waals surface area contributed by atoms with Gasteiger partial charge in [0.1, 0.15) is 6.33 Å². The summed E-state index contributed by atoms with van der Waals surface area (Å²) >= 11 is 0. The van der Waals surface area contributed by atoms with Crippen molar-refractivity contribution in [1.29, 1.82) is 0 Å². The van der Waals surface area contributed by atoms with Crippen molar-refractivity contribution < 1.29 is 4.74 Å². The summed E-state index contributed by atoms with van der Waals surface area (Å²) < 4.78 is 5.47. The maximum absolute atomic E-state index is 5.47. The molecule has 0 saturated heterocycles. The first kappa shape index (κ1) is 13.9. The molecule has 1 aromatic rings. The molecule has 0 saturated carbocycles. The van der Waals surface area contributed by atoms with Crippen LogP contribution in [0, 0.1) is 6.92 Å². The summed E-state index contributed by atoms with van der Waals surface area (Å²) in [5.74, 6) is 0.709. The Balaban J connectivity index is 2.67. The van der Waals surface area contributed by atoms with Crippen LogP contribution < -0.4 is 10.1 Å². The lowest BCUT2D eigenvalue weighted by molar-refractivity contribution is 0.322. The Morgan fingerprint density at radius 2 is 2.12 bits per heavy atom. The molecular weight excluding hydrogens is 214 g/mol. The molecule has 1 atom stereocenters. The van der Waals surface area contributed by atoms with Gasteiger partial charge in [-0.3, -0.25) is 0 Å². The van der Waals surface area contributed by atoms with E-state index in [1.54, 1.807) is 6.33 Å². The quantitative estimate of drug-likeness (QED) is 0.789. The fourth-order valence-corrected chi connectivity index (χ4v) is 1.71. The highest BCUT2D eigenvalue weighted by Crippen LogP contribution is 2.17. The molecule has 0 aliphatic heterocycles. The Kier molecular flexibility index (Phi) is 5.91. The SMILES string of the molecule is CCCNC(C)Cc1ncnc(OCC)c1C. The van der Waals surface area contributed by atoms with Gasteiger partial charge in [0.2, 0.25) is 5.88 Å². The summed E-state index contributed by atoms with van der Waals surface area (Å²) in [6.07, 6.45) is 3.64. The van der Waals surface area contributed by atoms with Gasteiger partial charge in [0.25, 0.3) is 0 Å². The van der Waals surface area contributed by atoms with Gasteiger partial charge in [-0.25, -0.2) is 9.97 Å². The van der Waals surface area contributed by atoms with Crippen molar-refractivity contribution in [1.82, 2.24) is 15.3 Å². The molecule has 96 valence electrons. The molecule has 0 aromatic carbocycles. The summed E-state index contributed by atoms with van der Waals surface area (Å²) in [4.78, 5) is 8.48. The predicted octanol–water partition coefficient (Wildman–Crippen LogP) is 2.11. The number of hydrogen-bond donors (Lipinski definition) is 1. The molecule has 0 bridgehead atoms. The lowest BCUT2D eigenvalue weighted by Crippen LogP contribution is -2.29. The van der Waals surface area contributed by atoms with Crippen LogP contribution in [0.25, 0.3) is 0 Å². The maximum Gasteiger partial charge on any atom is 0.219 e. The third kappa shape index (κ3) is 4.30. The zero-order chi connectivity index (χ0) is 12.7. The summed E-state index contributed by atoms with van der Waals surface area (Å²) in [5, 5.41) is 3.46. The van der Waals surface area contributed by atoms with Crippen LogP contribution in [0.2, 0.25) is 0 Å². The van der Waals surface area contributed by atoms with Gasteiger partial charge in [-0.1, -0.05) is 6.92 Å². The Morgan fingerprint density at radius 3 is 2.76 bits per heavy atom. The Hall–Kier alpha value is -1.16. The molecule has 0 radical (unpaired) electrons. The number of aromatic nitrogens is 2. The van der Waals surface area contributed by atoms with E-state index in [1.807, 2.05) is 13.8 Å². The van der Waals surface area contributed by atoms with Crippen molar-refractivity contribution in [2.45, 2.75) is 46.6 Å². The summed E-state index contributed by atoms with van der Waals surface area (Å²) in [5.41, 5.74) is 2.12. The highest BCUT2D eigenvalue weighted by molar-refractivity contribution is 5.28. The third-order valence-corrected chi connectivity index (χ3v) is 2.67. The number of nitrogens with zero attached hydrogens (tertiary/aromatic N) is 2. The lowest BCUT2D eigenvalue weighted by Gasteiger charge is -2.15. The Bertz CT molecular complexity index is 341. The molecular formula is C13H23N3O. The largest absolute Gasteiger partial charge is 0.478 e. The fraction of sp³-hybridized carbons (Fsp3) is 0.692. The van der Waals surface area contributed by atoms with Gasteiger partial charge in [-0.15, -0.1) is 0 Å². The Morgan fingerprint density at radius 1 is 1.35 bits per heavy atom. The summed E-state index contributed by atoms with van der Waals surface area (Å²) in [6.45, 7) is 10.0. The van der Waals surface area contributed by atoms with Gasteiger partial charge >= 0.3 is 0 Å². The van der Waals surface area contributed by atoms with E-state index >= 15 is 0 Å². The standard InChI is InChI=1S/C13H23N3O/c1-5-7-14-10(3)8-12-11(4)13(17-6-2)16-9-15-12/h9-10,14H,5-8H2,1-4H3. The molecule has 4 nitrogen and oxygen atoms in total. The van der Waals surface area contributed by atoms with E-state index in [-0.39, 0.29) is 0 Å². The van der Waals surface area contributed by atoms with Crippen LogP contribution in [0.15, 0.2) is 6.33 Å². The monoisotopic (exact) mass is 237 g/mol. The van der Waals surface area contributed by atoms with Crippen molar-refractivity contribution in [2.24, 2.45) is 0 Å². The number of hydrogen-bond acceptors (Lipinski definition) is 4. The maximum atomic E-state index is 5.47. The van der Waals surface area contributed by atoms with Gasteiger partial charge in [0.15, 0.2) is 0 Å². The van der Waals surface area contributed by atoms with Gasteiger partial charge < -0.3 is 10.1 Å². The minimum atomic E-state index is 0.429. The predicted molar refractivity (Wildman–Crippen MR) is 69.4 cm³/mol. The van der Waals surface area contributed by atoms with Crippen LogP contribution in [0.1, 0.15) is 38.4 Å². The van der Waals surface area contributed by atoms with E-state index in [0.29, 0.717) is 18.5 Å². The van der Waals surface area contributed by atoms with E-state index < -0.39 is 0 Å². The second-order valence-electron chi connectivity index (χ2n) is 4.24. The van der Waals surface area contributed by atoms with Crippen LogP contribution in [0.5, 0.6) is 5.88 Å². The third-order valence-electron chi connectivity index (χ3n) is 2.67. The first-order valence-corrected chi connectivity index (χ1v) is 6.35. The molecule has 17 heavy (non-hydrogen) atoms. The molecule has 0 aliphatic rings. The normalized spacial score (nSPS) is 12.5. The van der Waals surface area contributed by atoms with Gasteiger partial charge in [-0.2, -0.15) is 0 Å². The topological polar surface area (TPSA) is 47.0 Å². The van der Waals surface area contributed by atoms with Gasteiger partial charge in [0.05, 0.1) is 12.3 Å². The van der Waals surface area contributed by atoms with Crippen LogP contribution in [0.3, 0.4) is 0 Å². The second-order valence-corrected chi connectivity index (χ2v) is 4.24. The average Bonchev–Trinajstić information content (AvgIpc) is 2.32.